The molecule has 1 aromatic rings. The lowest BCUT2D eigenvalue weighted by molar-refractivity contribution is -0.120. The number of hydrogen-bond acceptors (Lipinski definition) is 4. The Balaban J connectivity index is 1.73. The molecule has 3 rings (SSSR count). The topological polar surface area (TPSA) is 75.4 Å². The molecule has 130 valence electrons. The number of anilines is 2. The quantitative estimate of drug-likeness (QED) is 0.828. The summed E-state index contributed by atoms with van der Waals surface area (Å²) >= 11 is 1.68. The Hall–Kier alpha value is -1.53. The lowest BCUT2D eigenvalue weighted by atomic mass is 10.0. The minimum Gasteiger partial charge on any atom is -0.325 e. The van der Waals surface area contributed by atoms with E-state index in [1.807, 2.05) is 29.4 Å². The van der Waals surface area contributed by atoms with Crippen molar-refractivity contribution >= 4 is 35.0 Å². The van der Waals surface area contributed by atoms with Crippen LogP contribution in [-0.4, -0.2) is 36.4 Å². The summed E-state index contributed by atoms with van der Waals surface area (Å²) in [5, 5.41) is 2.89. The lowest BCUT2D eigenvalue weighted by Crippen LogP contribution is -2.37. The SMILES string of the molecule is CSCC[C@H](N)C(=O)Nc1ccc2c(c1)N(C(=O)C1CC1)CCC2. The molecular weight excluding hydrogens is 322 g/mol. The third-order valence-electron chi connectivity index (χ3n) is 4.63. The van der Waals surface area contributed by atoms with Gasteiger partial charge in [0.2, 0.25) is 11.8 Å². The second-order valence-corrected chi connectivity index (χ2v) is 7.57. The van der Waals surface area contributed by atoms with Crippen molar-refractivity contribution in [3.05, 3.63) is 23.8 Å². The predicted octanol–water partition coefficient (Wildman–Crippen LogP) is 2.39. The number of nitrogens with zero attached hydrogens (tertiary/aromatic N) is 1. The van der Waals surface area contributed by atoms with Gasteiger partial charge in [0.15, 0.2) is 0 Å². The van der Waals surface area contributed by atoms with E-state index in [9.17, 15) is 9.59 Å². The van der Waals surface area contributed by atoms with E-state index in [0.29, 0.717) is 12.1 Å². The van der Waals surface area contributed by atoms with Gasteiger partial charge in [-0.2, -0.15) is 11.8 Å². The van der Waals surface area contributed by atoms with Gasteiger partial charge in [0.05, 0.1) is 6.04 Å². The Morgan fingerprint density at radius 2 is 2.21 bits per heavy atom. The molecule has 3 N–H and O–H groups in total. The summed E-state index contributed by atoms with van der Waals surface area (Å²) in [6.07, 6.45) is 6.64. The molecule has 1 aliphatic carbocycles. The summed E-state index contributed by atoms with van der Waals surface area (Å²) in [6, 6.07) is 5.35. The van der Waals surface area contributed by atoms with Gasteiger partial charge in [0.25, 0.3) is 0 Å². The maximum atomic E-state index is 12.5. The van der Waals surface area contributed by atoms with Crippen LogP contribution in [0.5, 0.6) is 0 Å². The van der Waals surface area contributed by atoms with Gasteiger partial charge in [-0.25, -0.2) is 0 Å². The van der Waals surface area contributed by atoms with Crippen LogP contribution in [0.3, 0.4) is 0 Å². The largest absolute Gasteiger partial charge is 0.325 e. The second-order valence-electron chi connectivity index (χ2n) is 6.59. The summed E-state index contributed by atoms with van der Waals surface area (Å²) in [4.78, 5) is 26.6. The number of carbonyl (C=O) groups is 2. The molecule has 2 aliphatic rings. The van der Waals surface area contributed by atoms with Gasteiger partial charge in [-0.15, -0.1) is 0 Å². The first-order valence-corrected chi connectivity index (χ1v) is 9.99. The van der Waals surface area contributed by atoms with E-state index in [0.717, 1.165) is 43.7 Å². The fraction of sp³-hybridized carbons (Fsp3) is 0.556. The highest BCUT2D eigenvalue weighted by molar-refractivity contribution is 7.98. The maximum absolute atomic E-state index is 12.5. The summed E-state index contributed by atoms with van der Waals surface area (Å²) in [5.74, 6) is 1.13. The highest BCUT2D eigenvalue weighted by atomic mass is 32.2. The van der Waals surface area contributed by atoms with Crippen LogP contribution in [0, 0.1) is 5.92 Å². The minimum absolute atomic E-state index is 0.167. The number of thioether (sulfide) groups is 1. The van der Waals surface area contributed by atoms with E-state index in [-0.39, 0.29) is 17.7 Å². The number of hydrogen-bond donors (Lipinski definition) is 2. The second kappa shape index (κ2) is 7.57. The molecule has 6 heteroatoms. The average Bonchev–Trinajstić information content (AvgIpc) is 3.43. The fourth-order valence-corrected chi connectivity index (χ4v) is 3.53. The lowest BCUT2D eigenvalue weighted by Gasteiger charge is -2.30. The van der Waals surface area contributed by atoms with Gasteiger partial charge < -0.3 is 16.0 Å². The summed E-state index contributed by atoms with van der Waals surface area (Å²) in [7, 11) is 0. The first-order chi connectivity index (χ1) is 11.6. The van der Waals surface area contributed by atoms with E-state index < -0.39 is 6.04 Å². The van der Waals surface area contributed by atoms with Crippen LogP contribution in [-0.2, 0) is 16.0 Å². The molecule has 1 aliphatic heterocycles. The van der Waals surface area contributed by atoms with E-state index in [2.05, 4.69) is 5.32 Å². The van der Waals surface area contributed by atoms with Crippen molar-refractivity contribution in [2.24, 2.45) is 11.7 Å². The normalized spacial score (nSPS) is 18.0. The van der Waals surface area contributed by atoms with Gasteiger partial charge in [-0.05, 0) is 61.8 Å². The zero-order valence-corrected chi connectivity index (χ0v) is 14.9. The average molecular weight is 347 g/mol. The van der Waals surface area contributed by atoms with Crippen LogP contribution in [0.25, 0.3) is 0 Å². The summed E-state index contributed by atoms with van der Waals surface area (Å²) in [5.41, 5.74) is 8.77. The van der Waals surface area contributed by atoms with E-state index in [1.165, 1.54) is 5.56 Å². The molecule has 1 saturated carbocycles. The van der Waals surface area contributed by atoms with Crippen LogP contribution < -0.4 is 16.0 Å². The van der Waals surface area contributed by atoms with Crippen molar-refractivity contribution in [1.82, 2.24) is 0 Å². The van der Waals surface area contributed by atoms with Gasteiger partial charge in [0.1, 0.15) is 0 Å². The Kier molecular flexibility index (Phi) is 5.46. The first kappa shape index (κ1) is 17.3. The number of nitrogens with two attached hydrogens (primary N) is 1. The Morgan fingerprint density at radius 1 is 1.42 bits per heavy atom. The molecule has 1 aromatic carbocycles. The van der Waals surface area contributed by atoms with Crippen molar-refractivity contribution < 1.29 is 9.59 Å². The van der Waals surface area contributed by atoms with Gasteiger partial charge >= 0.3 is 0 Å². The van der Waals surface area contributed by atoms with E-state index in [1.54, 1.807) is 11.8 Å². The monoisotopic (exact) mass is 347 g/mol. The van der Waals surface area contributed by atoms with Crippen LogP contribution in [0.4, 0.5) is 11.4 Å². The first-order valence-electron chi connectivity index (χ1n) is 8.60. The number of rotatable bonds is 6. The number of carbonyl (C=O) groups excluding carboxylic acids is 2. The number of amides is 2. The molecule has 1 atom stereocenters. The molecule has 0 radical (unpaired) electrons. The molecule has 1 fully saturated rings. The standard InChI is InChI=1S/C18H25N3O2S/c1-24-10-8-15(19)17(22)20-14-7-6-12-3-2-9-21(16(12)11-14)18(23)13-4-5-13/h6-7,11,13,15H,2-5,8-10,19H2,1H3,(H,20,22)/t15-/m0/s1. The number of aryl methyl sites for hydroxylation is 1. The number of fused-ring (bicyclic) bond motifs is 1. The van der Waals surface area contributed by atoms with Gasteiger partial charge in [0, 0.05) is 23.8 Å². The number of nitrogens with one attached hydrogen (secondary N) is 1. The molecule has 0 spiro atoms. The highest BCUT2D eigenvalue weighted by Gasteiger charge is 2.35. The minimum atomic E-state index is -0.502. The molecule has 1 heterocycles. The van der Waals surface area contributed by atoms with Crippen LogP contribution >= 0.6 is 11.8 Å². The van der Waals surface area contributed by atoms with Crippen molar-refractivity contribution in [3.63, 3.8) is 0 Å². The number of benzene rings is 1. The van der Waals surface area contributed by atoms with E-state index in [4.69, 9.17) is 5.73 Å². The third-order valence-corrected chi connectivity index (χ3v) is 5.28. The molecule has 0 saturated heterocycles. The fourth-order valence-electron chi connectivity index (χ4n) is 3.04. The summed E-state index contributed by atoms with van der Waals surface area (Å²) in [6.45, 7) is 0.771. The van der Waals surface area contributed by atoms with Crippen molar-refractivity contribution in [3.8, 4) is 0 Å². The zero-order chi connectivity index (χ0) is 17.1. The Bertz CT molecular complexity index is 631. The molecule has 0 unspecified atom stereocenters. The highest BCUT2D eigenvalue weighted by Crippen LogP contribution is 2.36. The smallest absolute Gasteiger partial charge is 0.241 e. The van der Waals surface area contributed by atoms with Crippen LogP contribution in [0.15, 0.2) is 18.2 Å². The molecule has 0 aromatic heterocycles. The molecule has 0 bridgehead atoms. The van der Waals surface area contributed by atoms with Crippen molar-refractivity contribution in [2.45, 2.75) is 38.1 Å². The third kappa shape index (κ3) is 3.92. The molecule has 24 heavy (non-hydrogen) atoms. The molecular formula is C18H25N3O2S. The molecule has 2 amide bonds. The Morgan fingerprint density at radius 3 is 2.92 bits per heavy atom. The Labute approximate surface area is 147 Å². The van der Waals surface area contributed by atoms with Crippen LogP contribution in [0.2, 0.25) is 0 Å². The zero-order valence-electron chi connectivity index (χ0n) is 14.1. The maximum Gasteiger partial charge on any atom is 0.241 e. The van der Waals surface area contributed by atoms with Crippen molar-refractivity contribution in [2.75, 3.05) is 28.8 Å². The van der Waals surface area contributed by atoms with Gasteiger partial charge in [-0.1, -0.05) is 6.07 Å². The van der Waals surface area contributed by atoms with E-state index >= 15 is 0 Å². The predicted molar refractivity (Wildman–Crippen MR) is 99.4 cm³/mol. The summed E-state index contributed by atoms with van der Waals surface area (Å²) < 4.78 is 0. The van der Waals surface area contributed by atoms with Gasteiger partial charge in [-0.3, -0.25) is 9.59 Å². The van der Waals surface area contributed by atoms with Crippen molar-refractivity contribution in [1.29, 1.82) is 0 Å². The molecule has 5 nitrogen and oxygen atoms in total. The van der Waals surface area contributed by atoms with Crippen LogP contribution in [0.1, 0.15) is 31.2 Å².